The Labute approximate surface area is 886 Å². The molecule has 0 radical (unpaired) electrons. The first kappa shape index (κ1) is 131. The van der Waals surface area contributed by atoms with Crippen molar-refractivity contribution in [3.05, 3.63) is 275 Å². The highest BCUT2D eigenvalue weighted by molar-refractivity contribution is 7.57. The summed E-state index contributed by atoms with van der Waals surface area (Å²) in [6.45, 7) is 50.9. The Balaban J connectivity index is 0.000000829. The predicted octanol–water partition coefficient (Wildman–Crippen LogP) is 17.0. The molecule has 0 aliphatic rings. The topological polar surface area (TPSA) is 212 Å². The van der Waals surface area contributed by atoms with Crippen molar-refractivity contribution in [2.24, 2.45) is 0 Å². The number of benzene rings is 12. The van der Waals surface area contributed by atoms with Crippen molar-refractivity contribution in [3.8, 4) is 46.0 Å². The second-order valence-electron chi connectivity index (χ2n) is 39.5. The van der Waals surface area contributed by atoms with Gasteiger partial charge in [-0.2, -0.15) is 0 Å². The molecule has 0 fully saturated rings. The van der Waals surface area contributed by atoms with E-state index in [4.69, 9.17) is 9.47 Å². The number of para-hydroxylation sites is 2. The SMILES string of the molecule is CNCc1cc(C)ccc1Pc1cc([Si](C)(C)C)ccc1O.CNCc1cc(F)ccc1Pc1cc([Si](C)(C)C)cc([Si](C)(C)C)c1O.CNCc1cccc(C)c1Pc1cccc([Si](C)(C)C)c1O.CNCc1ccccc1Pc1cc(OC)ccc1O.CNCc1ccccc1Pc1cc([Si](C)(C)C)cc([Si](C)(C)C)c1O.CNCc1ccccc1Pc1cccc(OC)c1O.Cl.Cl.Cl.Cl.Cl.Cl. The third kappa shape index (κ3) is 40.6. The summed E-state index contributed by atoms with van der Waals surface area (Å²) in [4.78, 5) is 0. The Hall–Kier alpha value is -5.65. The van der Waals surface area contributed by atoms with Gasteiger partial charge in [0.15, 0.2) is 11.5 Å². The maximum absolute atomic E-state index is 13.7. The van der Waals surface area contributed by atoms with Gasteiger partial charge in [0.1, 0.15) is 40.3 Å². The van der Waals surface area contributed by atoms with Gasteiger partial charge in [-0.15, -0.1) is 74.4 Å². The lowest BCUT2D eigenvalue weighted by Crippen LogP contribution is -2.47. The summed E-state index contributed by atoms with van der Waals surface area (Å²) in [5, 5.41) is 104. The van der Waals surface area contributed by atoms with Crippen molar-refractivity contribution in [1.82, 2.24) is 31.9 Å². The summed E-state index contributed by atoms with van der Waals surface area (Å²) in [5.74, 6) is 3.55. The van der Waals surface area contributed by atoms with Crippen LogP contribution in [-0.4, -0.2) is 136 Å². The molecule has 12 aromatic carbocycles. The van der Waals surface area contributed by atoms with Gasteiger partial charge in [0, 0.05) is 71.1 Å². The van der Waals surface area contributed by atoms with Crippen LogP contribution in [0.25, 0.3) is 0 Å². The highest BCUT2D eigenvalue weighted by atomic mass is 35.5. The fourth-order valence-electron chi connectivity index (χ4n) is 14.6. The quantitative estimate of drug-likeness (QED) is 0.0140. The summed E-state index contributed by atoms with van der Waals surface area (Å²) in [5.41, 5.74) is 9.99. The number of hydrogen-bond donors (Lipinski definition) is 12. The average molecular weight is 2230 g/mol. The van der Waals surface area contributed by atoms with Gasteiger partial charge in [0.2, 0.25) is 0 Å². The molecule has 0 spiro atoms. The molecule has 0 aliphatic carbocycles. The van der Waals surface area contributed by atoms with Crippen LogP contribution < -0.4 is 136 Å². The lowest BCUT2D eigenvalue weighted by atomic mass is 10.1. The number of aryl methyl sites for hydroxylation is 2. The minimum absolute atomic E-state index is 0. The summed E-state index contributed by atoms with van der Waals surface area (Å²) in [6, 6.07) is 75.4. The number of rotatable bonds is 32. The Morgan fingerprint density at radius 3 is 1.01 bits per heavy atom. The first-order valence-corrected chi connectivity index (χ1v) is 72.5. The van der Waals surface area contributed by atoms with E-state index in [1.807, 2.05) is 96.9 Å². The van der Waals surface area contributed by atoms with Crippen LogP contribution in [0.5, 0.6) is 46.0 Å². The maximum atomic E-state index is 13.7. The lowest BCUT2D eigenvalue weighted by molar-refractivity contribution is 0.375. The monoisotopic (exact) mass is 2220 g/mol. The van der Waals surface area contributed by atoms with E-state index in [1.54, 1.807) is 38.5 Å². The molecule has 139 heavy (non-hydrogen) atoms. The standard InChI is InChI=1S/C20H31FNOPSi2.C20H32NOPSi2.2C18H26NOPSi.2C15H18NO2P.6ClH/c1-22-13-14-10-15(21)8-9-17(14)24-18-11-16(25(2,3)4)12-19(20(18)23)26(5,6)7;1-21-14-15-10-8-9-11-17(15)23-18-12-16(24(2,3)4)13-19(20(18)22)25(5,6)7;1-13-6-9-17(14(10-13)12-19-2)21-18-11-15(22(3,4)5)7-8-16(18)20;1-13-8-6-9-14(12-19-2)18(13)21-15-10-7-11-16(17(15)20)22(3,4)5;1-16-10-11-6-3-4-8-13(11)19-14-9-5-7-12(18-2)15(14)17;1-16-10-11-5-3-4-6-14(11)19-15-9-12(18-2)7-8-13(15)17;;;;;;/h8-12,22-24H,13H2,1-7H3;8-13,21-23H,14H2,1-7H3;2*6-11,19-21H,12H2,1-5H3;2*3-9,16-17,19H,10H2,1-2H3;6*1H. The van der Waals surface area contributed by atoms with Crippen LogP contribution in [0.1, 0.15) is 44.5 Å². The van der Waals surface area contributed by atoms with Gasteiger partial charge in [0.25, 0.3) is 0 Å². The average Bonchev–Trinajstić information content (AvgIpc) is 0.783. The summed E-state index contributed by atoms with van der Waals surface area (Å²) < 4.78 is 24.0. The van der Waals surface area contributed by atoms with E-state index < -0.39 is 48.4 Å². The Morgan fingerprint density at radius 2 is 0.597 bits per heavy atom. The van der Waals surface area contributed by atoms with Crippen LogP contribution in [-0.2, 0) is 39.3 Å². The molecule has 14 nitrogen and oxygen atoms in total. The van der Waals surface area contributed by atoms with E-state index >= 15 is 0 Å². The van der Waals surface area contributed by atoms with E-state index in [0.717, 1.165) is 91.5 Å². The minimum atomic E-state index is -1.67. The van der Waals surface area contributed by atoms with Gasteiger partial charge in [-0.05, 0) is 185 Å². The molecular formula is C106H157Cl6FN6O8P6Si6. The molecule has 12 rings (SSSR count). The number of hydrogen-bond acceptors (Lipinski definition) is 14. The van der Waals surface area contributed by atoms with Crippen molar-refractivity contribution < 1.29 is 44.5 Å². The number of nitrogens with one attached hydrogen (secondary N) is 6. The van der Waals surface area contributed by atoms with Gasteiger partial charge < -0.3 is 72.0 Å². The van der Waals surface area contributed by atoms with E-state index in [-0.39, 0.29) is 86.0 Å². The van der Waals surface area contributed by atoms with E-state index in [0.29, 0.717) is 92.5 Å². The van der Waals surface area contributed by atoms with Crippen molar-refractivity contribution in [2.45, 2.75) is 171 Å². The molecular weight excluding hydrogens is 2070 g/mol. The van der Waals surface area contributed by atoms with E-state index in [1.165, 1.54) is 92.3 Å². The molecule has 0 saturated heterocycles. The van der Waals surface area contributed by atoms with Crippen LogP contribution in [0, 0.1) is 19.7 Å². The van der Waals surface area contributed by atoms with Crippen LogP contribution >= 0.6 is 126 Å². The van der Waals surface area contributed by atoms with Crippen LogP contribution in [0.2, 0.25) is 118 Å². The zero-order valence-electron chi connectivity index (χ0n) is 86.4. The molecule has 6 unspecified atom stereocenters. The zero-order valence-corrected chi connectivity index (χ0v) is 103. The molecule has 0 heterocycles. The number of ether oxygens (including phenoxy) is 2. The minimum Gasteiger partial charge on any atom is -0.507 e. The molecule has 12 aromatic rings. The summed E-state index contributed by atoms with van der Waals surface area (Å²) >= 11 is 0. The zero-order chi connectivity index (χ0) is 98.5. The van der Waals surface area contributed by atoms with Crippen molar-refractivity contribution >= 4 is 269 Å². The first-order chi connectivity index (χ1) is 62.6. The largest absolute Gasteiger partial charge is 0.507 e. The number of halogens is 7. The van der Waals surface area contributed by atoms with Gasteiger partial charge >= 0.3 is 0 Å². The second-order valence-corrected chi connectivity index (χ2v) is 77.8. The van der Waals surface area contributed by atoms with Crippen LogP contribution in [0.4, 0.5) is 4.39 Å². The van der Waals surface area contributed by atoms with Crippen molar-refractivity contribution in [1.29, 1.82) is 0 Å². The molecule has 762 valence electrons. The molecule has 0 saturated carbocycles. The normalized spacial score (nSPS) is 11.6. The third-order valence-corrected chi connectivity index (χ3v) is 43.1. The van der Waals surface area contributed by atoms with Gasteiger partial charge in [-0.3, -0.25) is 0 Å². The molecule has 6 atom stereocenters. The van der Waals surface area contributed by atoms with Crippen LogP contribution in [0.15, 0.2) is 224 Å². The molecule has 33 heteroatoms. The summed E-state index contributed by atoms with van der Waals surface area (Å²) in [6.07, 6.45) is 0. The number of phenolic OH excluding ortho intramolecular Hbond substituents is 6. The van der Waals surface area contributed by atoms with Gasteiger partial charge in [-0.1, -0.05) is 372 Å². The highest BCUT2D eigenvalue weighted by Crippen LogP contribution is 2.32. The second kappa shape index (κ2) is 61.7. The van der Waals surface area contributed by atoms with E-state index in [2.05, 4.69) is 303 Å². The molecule has 0 amide bonds. The van der Waals surface area contributed by atoms with Crippen molar-refractivity contribution in [2.75, 3.05) is 56.5 Å². The number of methoxy groups -OCH3 is 2. The Morgan fingerprint density at radius 1 is 0.266 bits per heavy atom. The molecule has 0 bridgehead atoms. The van der Waals surface area contributed by atoms with Crippen molar-refractivity contribution in [3.63, 3.8) is 0 Å². The fraction of sp³-hybridized carbons (Fsp3) is 0.321. The Bertz CT molecular complexity index is 5780. The number of aromatic hydroxyl groups is 6. The first-order valence-electron chi connectivity index (χ1n) is 45.5. The lowest BCUT2D eigenvalue weighted by Gasteiger charge is -2.26. The molecule has 12 N–H and O–H groups in total. The van der Waals surface area contributed by atoms with Gasteiger partial charge in [-0.25, -0.2) is 4.39 Å². The molecule has 0 aromatic heterocycles. The van der Waals surface area contributed by atoms with Gasteiger partial charge in [0.05, 0.1) is 62.7 Å². The Kier molecular flexibility index (Phi) is 58.3. The number of phenols is 6. The molecule has 0 aliphatic heterocycles. The highest BCUT2D eigenvalue weighted by Gasteiger charge is 2.31. The maximum Gasteiger partial charge on any atom is 0.165 e. The van der Waals surface area contributed by atoms with E-state index in [9.17, 15) is 35.0 Å². The third-order valence-electron chi connectivity index (χ3n) is 22.2. The predicted molar refractivity (Wildman–Crippen MR) is 653 cm³/mol. The smallest absolute Gasteiger partial charge is 0.165 e. The summed E-state index contributed by atoms with van der Waals surface area (Å²) in [7, 11) is 8.36. The fourth-order valence-corrected chi connectivity index (χ4v) is 31.0. The van der Waals surface area contributed by atoms with Crippen LogP contribution in [0.3, 0.4) is 0 Å².